The van der Waals surface area contributed by atoms with Gasteiger partial charge in [0.2, 0.25) is 0 Å². The molecule has 0 aliphatic rings. The van der Waals surface area contributed by atoms with E-state index in [4.69, 9.17) is 0 Å². The minimum absolute atomic E-state index is 0.155. The summed E-state index contributed by atoms with van der Waals surface area (Å²) in [6.07, 6.45) is 3.56. The fraction of sp³-hybridized carbons (Fsp3) is 0.200. The summed E-state index contributed by atoms with van der Waals surface area (Å²) in [6.45, 7) is 0. The quantitative estimate of drug-likeness (QED) is 0.597. The summed E-state index contributed by atoms with van der Waals surface area (Å²) in [6, 6.07) is 0. The highest BCUT2D eigenvalue weighted by molar-refractivity contribution is 7.92. The molecule has 0 aromatic carbocycles. The average molecular weight is 172 g/mol. The first-order valence-electron chi connectivity index (χ1n) is 2.75. The second-order valence-corrected chi connectivity index (χ2v) is 3.84. The van der Waals surface area contributed by atoms with Gasteiger partial charge in [0, 0.05) is 6.26 Å². The van der Waals surface area contributed by atoms with Crippen LogP contribution in [0.25, 0.3) is 0 Å². The van der Waals surface area contributed by atoms with E-state index in [0.29, 0.717) is 0 Å². The maximum absolute atomic E-state index is 10.6. The van der Waals surface area contributed by atoms with Gasteiger partial charge in [0.25, 0.3) is 0 Å². The molecule has 0 bridgehead atoms. The van der Waals surface area contributed by atoms with Crippen LogP contribution in [0.3, 0.4) is 0 Å². The molecular formula is C5H6N3O2S. The van der Waals surface area contributed by atoms with Crippen molar-refractivity contribution < 1.29 is 8.42 Å². The summed E-state index contributed by atoms with van der Waals surface area (Å²) in [5.74, 6) is 1.14. The Labute approximate surface area is 64.4 Å². The fourth-order valence-electron chi connectivity index (χ4n) is 0.500. The molecule has 0 unspecified atom stereocenters. The fourth-order valence-corrected chi connectivity index (χ4v) is 1.01. The molecule has 0 spiro atoms. The molecule has 0 fully saturated rings. The summed E-state index contributed by atoms with van der Waals surface area (Å²) in [7, 11) is -3.15. The Balaban J connectivity index is 2.82. The molecule has 6 heteroatoms. The van der Waals surface area contributed by atoms with Gasteiger partial charge in [-0.05, 0) is 0 Å². The number of hydrogen-bond donors (Lipinski definition) is 0. The van der Waals surface area contributed by atoms with Crippen molar-refractivity contribution in [2.24, 2.45) is 0 Å². The van der Waals surface area contributed by atoms with Crippen molar-refractivity contribution in [3.8, 4) is 0 Å². The summed E-state index contributed by atoms with van der Waals surface area (Å²) in [4.78, 5) is 10.8. The second kappa shape index (κ2) is 2.91. The third-order valence-electron chi connectivity index (χ3n) is 0.833. The van der Waals surface area contributed by atoms with Crippen molar-refractivity contribution in [1.82, 2.24) is 15.0 Å². The van der Waals surface area contributed by atoms with Crippen LogP contribution in [-0.2, 0) is 9.84 Å². The molecular weight excluding hydrogens is 166 g/mol. The first-order chi connectivity index (χ1) is 5.08. The lowest BCUT2D eigenvalue weighted by atomic mass is 10.7. The molecule has 11 heavy (non-hydrogen) atoms. The standard InChI is InChI=1S/C5H6N3O2S/c1-11(9,10)2-5-7-3-6-4-8-5/h2-4H,1H3. The van der Waals surface area contributed by atoms with E-state index in [9.17, 15) is 8.42 Å². The zero-order chi connectivity index (χ0) is 8.32. The SMILES string of the molecule is CS(=O)(=O)[CH]c1ncncn1. The van der Waals surface area contributed by atoms with Crippen LogP contribution >= 0.6 is 0 Å². The highest BCUT2D eigenvalue weighted by atomic mass is 32.2. The van der Waals surface area contributed by atoms with Gasteiger partial charge < -0.3 is 0 Å². The van der Waals surface area contributed by atoms with E-state index in [1.807, 2.05) is 0 Å². The van der Waals surface area contributed by atoms with E-state index < -0.39 is 9.84 Å². The Morgan fingerprint density at radius 3 is 2.36 bits per heavy atom. The van der Waals surface area contributed by atoms with Crippen LogP contribution in [-0.4, -0.2) is 29.6 Å². The Kier molecular flexibility index (Phi) is 2.13. The molecule has 1 heterocycles. The number of aromatic nitrogens is 3. The van der Waals surface area contributed by atoms with Crippen molar-refractivity contribution in [3.63, 3.8) is 0 Å². The Morgan fingerprint density at radius 2 is 1.91 bits per heavy atom. The molecule has 5 nitrogen and oxygen atoms in total. The van der Waals surface area contributed by atoms with Gasteiger partial charge >= 0.3 is 0 Å². The van der Waals surface area contributed by atoms with Crippen LogP contribution in [0.5, 0.6) is 0 Å². The van der Waals surface area contributed by atoms with Gasteiger partial charge in [-0.15, -0.1) is 0 Å². The highest BCUT2D eigenvalue weighted by Crippen LogP contribution is 1.97. The van der Waals surface area contributed by atoms with Crippen molar-refractivity contribution >= 4 is 9.84 Å². The maximum Gasteiger partial charge on any atom is 0.159 e. The van der Waals surface area contributed by atoms with Gasteiger partial charge in [-0.2, -0.15) is 0 Å². The van der Waals surface area contributed by atoms with Gasteiger partial charge in [0.05, 0.1) is 0 Å². The molecule has 1 aromatic heterocycles. The molecule has 0 aliphatic heterocycles. The number of hydrogen-bond acceptors (Lipinski definition) is 5. The van der Waals surface area contributed by atoms with Crippen LogP contribution in [0.15, 0.2) is 12.7 Å². The lowest BCUT2D eigenvalue weighted by Gasteiger charge is -1.92. The maximum atomic E-state index is 10.6. The second-order valence-electron chi connectivity index (χ2n) is 1.94. The summed E-state index contributed by atoms with van der Waals surface area (Å²) < 4.78 is 21.3. The molecule has 1 rings (SSSR count). The summed E-state index contributed by atoms with van der Waals surface area (Å²) in [5, 5.41) is 0. The smallest absolute Gasteiger partial charge is 0.159 e. The van der Waals surface area contributed by atoms with E-state index in [0.717, 1.165) is 12.0 Å². The summed E-state index contributed by atoms with van der Waals surface area (Å²) in [5.41, 5.74) is 0. The van der Waals surface area contributed by atoms with Gasteiger partial charge in [-0.1, -0.05) is 0 Å². The highest BCUT2D eigenvalue weighted by Gasteiger charge is 2.06. The number of sulfone groups is 1. The van der Waals surface area contributed by atoms with Crippen molar-refractivity contribution in [1.29, 1.82) is 0 Å². The predicted molar refractivity (Wildman–Crippen MR) is 38.1 cm³/mol. The molecule has 0 saturated carbocycles. The van der Waals surface area contributed by atoms with Crippen LogP contribution in [0, 0.1) is 5.75 Å². The largest absolute Gasteiger partial charge is 0.228 e. The van der Waals surface area contributed by atoms with E-state index in [1.165, 1.54) is 12.7 Å². The zero-order valence-electron chi connectivity index (χ0n) is 5.80. The normalized spacial score (nSPS) is 11.4. The Hall–Kier alpha value is -1.04. The zero-order valence-corrected chi connectivity index (χ0v) is 6.61. The van der Waals surface area contributed by atoms with Crippen LogP contribution < -0.4 is 0 Å². The minimum atomic E-state index is -3.15. The molecule has 0 aliphatic carbocycles. The lowest BCUT2D eigenvalue weighted by Crippen LogP contribution is -2.02. The minimum Gasteiger partial charge on any atom is -0.228 e. The third kappa shape index (κ3) is 3.03. The van der Waals surface area contributed by atoms with Gasteiger partial charge in [-0.3, -0.25) is 0 Å². The number of nitrogens with zero attached hydrogens (tertiary/aromatic N) is 3. The molecule has 59 valence electrons. The molecule has 0 atom stereocenters. The Bertz CT molecular complexity index is 321. The van der Waals surface area contributed by atoms with E-state index in [1.54, 1.807) is 0 Å². The lowest BCUT2D eigenvalue weighted by molar-refractivity contribution is 0.607. The Morgan fingerprint density at radius 1 is 1.36 bits per heavy atom. The first kappa shape index (κ1) is 8.06. The molecule has 0 amide bonds. The van der Waals surface area contributed by atoms with Crippen LogP contribution in [0.2, 0.25) is 0 Å². The predicted octanol–water partition coefficient (Wildman–Crippen LogP) is -0.574. The molecule has 1 aromatic rings. The van der Waals surface area contributed by atoms with Crippen molar-refractivity contribution in [2.75, 3.05) is 6.26 Å². The van der Waals surface area contributed by atoms with Crippen molar-refractivity contribution in [3.05, 3.63) is 24.2 Å². The number of rotatable bonds is 2. The van der Waals surface area contributed by atoms with Crippen LogP contribution in [0.1, 0.15) is 5.82 Å². The molecule has 1 radical (unpaired) electrons. The van der Waals surface area contributed by atoms with Gasteiger partial charge in [0.1, 0.15) is 18.4 Å². The van der Waals surface area contributed by atoms with Gasteiger partial charge in [0.15, 0.2) is 15.7 Å². The van der Waals surface area contributed by atoms with E-state index in [2.05, 4.69) is 15.0 Å². The molecule has 0 saturated heterocycles. The van der Waals surface area contributed by atoms with Crippen molar-refractivity contribution in [2.45, 2.75) is 0 Å². The summed E-state index contributed by atoms with van der Waals surface area (Å²) >= 11 is 0. The topological polar surface area (TPSA) is 72.8 Å². The van der Waals surface area contributed by atoms with E-state index in [-0.39, 0.29) is 5.82 Å². The molecule has 0 N–H and O–H groups in total. The third-order valence-corrected chi connectivity index (χ3v) is 1.47. The first-order valence-corrected chi connectivity index (χ1v) is 4.70. The average Bonchev–Trinajstić information content (AvgIpc) is 1.85. The van der Waals surface area contributed by atoms with E-state index >= 15 is 0 Å². The van der Waals surface area contributed by atoms with Gasteiger partial charge in [-0.25, -0.2) is 23.4 Å². The van der Waals surface area contributed by atoms with Crippen LogP contribution in [0.4, 0.5) is 0 Å². The monoisotopic (exact) mass is 172 g/mol.